The zero-order chi connectivity index (χ0) is 22.1. The zero-order valence-electron chi connectivity index (χ0n) is 17.0. The van der Waals surface area contributed by atoms with Gasteiger partial charge in [0, 0.05) is 18.7 Å². The number of hydrogen-bond acceptors (Lipinski definition) is 4. The third-order valence-corrected chi connectivity index (χ3v) is 7.22. The molecule has 6 nitrogen and oxygen atoms in total. The maximum absolute atomic E-state index is 14.1. The number of ether oxygens (including phenoxy) is 1. The monoisotopic (exact) mass is 454 g/mol. The molecular formula is C21H24ClFN2O4S. The molecule has 1 saturated heterocycles. The highest BCUT2D eigenvalue weighted by atomic mass is 35.5. The molecule has 1 amide bonds. The van der Waals surface area contributed by atoms with Gasteiger partial charge in [-0.15, -0.1) is 0 Å². The summed E-state index contributed by atoms with van der Waals surface area (Å²) in [5, 5.41) is 2.30. The minimum atomic E-state index is -3.88. The Morgan fingerprint density at radius 1 is 1.20 bits per heavy atom. The number of piperidine rings is 1. The molecule has 9 heteroatoms. The second-order valence-corrected chi connectivity index (χ2v) is 10.0. The SMILES string of the molecule is COc1ccc(C(=O)Nc2cccc(Cl)c2F)cc1S(=O)(=O)N1CC(C)CC(C)C1. The number of carbonyl (C=O) groups is 1. The Morgan fingerprint density at radius 3 is 2.50 bits per heavy atom. The van der Waals surface area contributed by atoms with Crippen LogP contribution in [0.3, 0.4) is 0 Å². The largest absolute Gasteiger partial charge is 0.495 e. The molecule has 2 aromatic carbocycles. The molecule has 0 spiro atoms. The molecule has 2 aromatic rings. The minimum Gasteiger partial charge on any atom is -0.495 e. The summed E-state index contributed by atoms with van der Waals surface area (Å²) in [6.45, 7) is 4.83. The second kappa shape index (κ2) is 8.91. The highest BCUT2D eigenvalue weighted by Crippen LogP contribution is 2.32. The van der Waals surface area contributed by atoms with Crippen molar-refractivity contribution in [1.82, 2.24) is 4.31 Å². The van der Waals surface area contributed by atoms with Crippen LogP contribution in [0.15, 0.2) is 41.3 Å². The Morgan fingerprint density at radius 2 is 1.87 bits per heavy atom. The molecule has 1 aliphatic rings. The van der Waals surface area contributed by atoms with E-state index in [1.54, 1.807) is 0 Å². The van der Waals surface area contributed by atoms with Crippen molar-refractivity contribution < 1.29 is 22.3 Å². The van der Waals surface area contributed by atoms with Crippen molar-refractivity contribution in [3.8, 4) is 5.75 Å². The van der Waals surface area contributed by atoms with Gasteiger partial charge in [0.1, 0.15) is 10.6 Å². The Kier molecular flexibility index (Phi) is 6.69. The van der Waals surface area contributed by atoms with Crippen LogP contribution in [0.5, 0.6) is 5.75 Å². The van der Waals surface area contributed by atoms with E-state index < -0.39 is 21.7 Å². The van der Waals surface area contributed by atoms with E-state index in [1.807, 2.05) is 13.8 Å². The highest BCUT2D eigenvalue weighted by molar-refractivity contribution is 7.89. The predicted molar refractivity (Wildman–Crippen MR) is 114 cm³/mol. The van der Waals surface area contributed by atoms with Crippen LogP contribution in [0.2, 0.25) is 5.02 Å². The van der Waals surface area contributed by atoms with Crippen molar-refractivity contribution in [3.05, 3.63) is 52.8 Å². The number of nitrogens with zero attached hydrogens (tertiary/aromatic N) is 1. The van der Waals surface area contributed by atoms with Crippen LogP contribution in [0.1, 0.15) is 30.6 Å². The number of halogens is 2. The first-order valence-electron chi connectivity index (χ1n) is 9.57. The van der Waals surface area contributed by atoms with Crippen molar-refractivity contribution in [3.63, 3.8) is 0 Å². The van der Waals surface area contributed by atoms with E-state index in [4.69, 9.17) is 16.3 Å². The van der Waals surface area contributed by atoms with E-state index in [1.165, 1.54) is 47.8 Å². The molecule has 0 saturated carbocycles. The van der Waals surface area contributed by atoms with Crippen LogP contribution >= 0.6 is 11.6 Å². The topological polar surface area (TPSA) is 75.7 Å². The van der Waals surface area contributed by atoms with Crippen LogP contribution < -0.4 is 10.1 Å². The van der Waals surface area contributed by atoms with Crippen LogP contribution in [0, 0.1) is 17.7 Å². The minimum absolute atomic E-state index is 0.0619. The van der Waals surface area contributed by atoms with Gasteiger partial charge in [-0.3, -0.25) is 4.79 Å². The molecule has 1 aliphatic heterocycles. The standard InChI is InChI=1S/C21H24ClFN2O4S/c1-13-9-14(2)12-25(11-13)30(27,28)19-10-15(7-8-18(19)29-3)21(26)24-17-6-4-5-16(22)20(17)23/h4-8,10,13-14H,9,11-12H2,1-3H3,(H,24,26). The first-order chi connectivity index (χ1) is 14.1. The molecule has 30 heavy (non-hydrogen) atoms. The Labute approximate surface area is 181 Å². The van der Waals surface area contributed by atoms with Crippen LogP contribution in [0.25, 0.3) is 0 Å². The van der Waals surface area contributed by atoms with E-state index in [0.717, 1.165) is 6.42 Å². The summed E-state index contributed by atoms with van der Waals surface area (Å²) in [6.07, 6.45) is 0.955. The summed E-state index contributed by atoms with van der Waals surface area (Å²) >= 11 is 5.75. The van der Waals surface area contributed by atoms with Crippen LogP contribution in [-0.4, -0.2) is 38.8 Å². The molecule has 0 aromatic heterocycles. The van der Waals surface area contributed by atoms with E-state index >= 15 is 0 Å². The van der Waals surface area contributed by atoms with Gasteiger partial charge in [-0.2, -0.15) is 4.31 Å². The lowest BCUT2D eigenvalue weighted by Gasteiger charge is -2.34. The molecule has 0 bridgehead atoms. The quantitative estimate of drug-likeness (QED) is 0.726. The summed E-state index contributed by atoms with van der Waals surface area (Å²) in [7, 11) is -2.51. The van der Waals surface area contributed by atoms with Gasteiger partial charge in [-0.05, 0) is 48.6 Å². The number of benzene rings is 2. The summed E-state index contributed by atoms with van der Waals surface area (Å²) in [5.74, 6) is -0.814. The van der Waals surface area contributed by atoms with Gasteiger partial charge in [-0.1, -0.05) is 31.5 Å². The van der Waals surface area contributed by atoms with E-state index in [-0.39, 0.29) is 38.8 Å². The zero-order valence-corrected chi connectivity index (χ0v) is 18.6. The number of nitrogens with one attached hydrogen (secondary N) is 1. The van der Waals surface area contributed by atoms with Crippen molar-refractivity contribution >= 4 is 33.2 Å². The molecule has 1 fully saturated rings. The summed E-state index contributed by atoms with van der Waals surface area (Å²) in [4.78, 5) is 12.6. The van der Waals surface area contributed by atoms with Crippen molar-refractivity contribution in [1.29, 1.82) is 0 Å². The van der Waals surface area contributed by atoms with Gasteiger partial charge in [0.05, 0.1) is 17.8 Å². The number of rotatable bonds is 5. The van der Waals surface area contributed by atoms with Crippen molar-refractivity contribution in [2.45, 2.75) is 25.2 Å². The molecule has 1 N–H and O–H groups in total. The lowest BCUT2D eigenvalue weighted by molar-refractivity contribution is 0.102. The Balaban J connectivity index is 1.95. The second-order valence-electron chi connectivity index (χ2n) is 7.69. The highest BCUT2D eigenvalue weighted by Gasteiger charge is 2.34. The lowest BCUT2D eigenvalue weighted by Crippen LogP contribution is -2.42. The molecule has 1 heterocycles. The van der Waals surface area contributed by atoms with E-state index in [9.17, 15) is 17.6 Å². The molecule has 2 unspecified atom stereocenters. The molecule has 2 atom stereocenters. The first kappa shape index (κ1) is 22.5. The molecule has 0 radical (unpaired) electrons. The third-order valence-electron chi connectivity index (χ3n) is 5.08. The van der Waals surface area contributed by atoms with E-state index in [2.05, 4.69) is 5.32 Å². The van der Waals surface area contributed by atoms with Gasteiger partial charge >= 0.3 is 0 Å². The van der Waals surface area contributed by atoms with Gasteiger partial charge in [0.2, 0.25) is 10.0 Å². The maximum atomic E-state index is 14.1. The summed E-state index contributed by atoms with van der Waals surface area (Å²) < 4.78 is 47.4. The maximum Gasteiger partial charge on any atom is 0.255 e. The fourth-order valence-corrected chi connectivity index (χ4v) is 5.79. The van der Waals surface area contributed by atoms with Gasteiger partial charge in [0.15, 0.2) is 5.82 Å². The predicted octanol–water partition coefficient (Wildman–Crippen LogP) is 4.41. The van der Waals surface area contributed by atoms with Crippen molar-refractivity contribution in [2.75, 3.05) is 25.5 Å². The Bertz CT molecular complexity index is 1050. The fraction of sp³-hybridized carbons (Fsp3) is 0.381. The summed E-state index contributed by atoms with van der Waals surface area (Å²) in [5.41, 5.74) is -0.0294. The number of amides is 1. The summed E-state index contributed by atoms with van der Waals surface area (Å²) in [6, 6.07) is 8.35. The molecular weight excluding hydrogens is 431 g/mol. The van der Waals surface area contributed by atoms with Crippen LogP contribution in [-0.2, 0) is 10.0 Å². The molecule has 3 rings (SSSR count). The average Bonchev–Trinajstić information content (AvgIpc) is 2.70. The number of carbonyl (C=O) groups excluding carboxylic acids is 1. The number of sulfonamides is 1. The van der Waals surface area contributed by atoms with Gasteiger partial charge < -0.3 is 10.1 Å². The Hall–Kier alpha value is -2.16. The van der Waals surface area contributed by atoms with Crippen molar-refractivity contribution in [2.24, 2.45) is 11.8 Å². The smallest absolute Gasteiger partial charge is 0.255 e. The third kappa shape index (κ3) is 4.61. The molecule has 162 valence electrons. The molecule has 0 aliphatic carbocycles. The lowest BCUT2D eigenvalue weighted by atomic mass is 9.94. The average molecular weight is 455 g/mol. The van der Waals surface area contributed by atoms with E-state index in [0.29, 0.717) is 13.1 Å². The number of methoxy groups -OCH3 is 1. The first-order valence-corrected chi connectivity index (χ1v) is 11.4. The van der Waals surface area contributed by atoms with Gasteiger partial charge in [-0.25, -0.2) is 12.8 Å². The van der Waals surface area contributed by atoms with Crippen LogP contribution in [0.4, 0.5) is 10.1 Å². The van der Waals surface area contributed by atoms with Gasteiger partial charge in [0.25, 0.3) is 5.91 Å². The number of anilines is 1. The fourth-order valence-electron chi connectivity index (χ4n) is 3.76. The number of hydrogen-bond donors (Lipinski definition) is 1. The normalized spacial score (nSPS) is 20.0.